The highest BCUT2D eigenvalue weighted by atomic mass is 32.1. The lowest BCUT2D eigenvalue weighted by molar-refractivity contribution is -0.0244. The molecule has 0 aliphatic carbocycles. The minimum absolute atomic E-state index is 0.0383. The highest BCUT2D eigenvalue weighted by molar-refractivity contribution is 7.11. The summed E-state index contributed by atoms with van der Waals surface area (Å²) in [5, 5.41) is 0.805. The number of fused-ring (bicyclic) bond motifs is 1. The number of nitrogens with zero attached hydrogens (tertiary/aromatic N) is 4. The Morgan fingerprint density at radius 3 is 2.79 bits per heavy atom. The maximum absolute atomic E-state index is 12.9. The Kier molecular flexibility index (Phi) is 5.29. The van der Waals surface area contributed by atoms with Gasteiger partial charge in [-0.25, -0.2) is 9.97 Å². The number of amides is 2. The van der Waals surface area contributed by atoms with Gasteiger partial charge in [-0.3, -0.25) is 9.59 Å². The predicted molar refractivity (Wildman–Crippen MR) is 111 cm³/mol. The highest BCUT2D eigenvalue weighted by Crippen LogP contribution is 2.28. The highest BCUT2D eigenvalue weighted by Gasteiger charge is 2.29. The normalized spacial score (nSPS) is 16.8. The van der Waals surface area contributed by atoms with Gasteiger partial charge in [-0.05, 0) is 19.1 Å². The van der Waals surface area contributed by atoms with Crippen LogP contribution in [0, 0.1) is 6.92 Å². The van der Waals surface area contributed by atoms with Crippen LogP contribution in [0.5, 0.6) is 0 Å². The molecule has 1 fully saturated rings. The van der Waals surface area contributed by atoms with Gasteiger partial charge in [-0.2, -0.15) is 0 Å². The molecule has 1 atom stereocenters. The lowest BCUT2D eigenvalue weighted by Crippen LogP contribution is -2.42. The van der Waals surface area contributed by atoms with Crippen molar-refractivity contribution in [3.8, 4) is 0 Å². The molecule has 150 valence electrons. The number of para-hydroxylation sites is 1. The Hall–Kier alpha value is -2.84. The van der Waals surface area contributed by atoms with Crippen molar-refractivity contribution in [1.29, 1.82) is 0 Å². The molecule has 2 amide bonds. The van der Waals surface area contributed by atoms with Crippen molar-refractivity contribution in [3.63, 3.8) is 0 Å². The molecule has 1 aliphatic rings. The fraction of sp³-hybridized carbons (Fsp3) is 0.333. The number of hydrogen-bond acceptors (Lipinski definition) is 6. The molecule has 1 aliphatic heterocycles. The van der Waals surface area contributed by atoms with Crippen LogP contribution in [0.4, 0.5) is 0 Å². The SMILES string of the molecule is Cc1ncsc1C(=O)N1CCO[C@@H](c2cc(C(=O)N(C)C)c3ccccc3n2)C1. The van der Waals surface area contributed by atoms with E-state index in [0.717, 1.165) is 16.6 Å². The average molecular weight is 410 g/mol. The molecule has 1 aromatic carbocycles. The van der Waals surface area contributed by atoms with Crippen molar-refractivity contribution in [3.05, 3.63) is 57.7 Å². The second kappa shape index (κ2) is 7.88. The van der Waals surface area contributed by atoms with E-state index in [1.165, 1.54) is 11.3 Å². The Morgan fingerprint density at radius 2 is 2.07 bits per heavy atom. The molecular formula is C21H22N4O3S. The first-order valence-electron chi connectivity index (χ1n) is 9.38. The van der Waals surface area contributed by atoms with Crippen molar-refractivity contribution < 1.29 is 14.3 Å². The summed E-state index contributed by atoms with van der Waals surface area (Å²) < 4.78 is 5.94. The lowest BCUT2D eigenvalue weighted by atomic mass is 10.0. The molecule has 0 N–H and O–H groups in total. The molecule has 0 spiro atoms. The van der Waals surface area contributed by atoms with E-state index in [1.807, 2.05) is 31.2 Å². The zero-order chi connectivity index (χ0) is 20.5. The van der Waals surface area contributed by atoms with Gasteiger partial charge in [0.15, 0.2) is 0 Å². The molecule has 0 radical (unpaired) electrons. The molecule has 4 rings (SSSR count). The van der Waals surface area contributed by atoms with Crippen LogP contribution in [-0.2, 0) is 4.74 Å². The van der Waals surface area contributed by atoms with Gasteiger partial charge in [0, 0.05) is 26.0 Å². The smallest absolute Gasteiger partial charge is 0.266 e. The Balaban J connectivity index is 1.68. The molecule has 0 saturated carbocycles. The molecule has 3 aromatic rings. The van der Waals surface area contributed by atoms with Crippen molar-refractivity contribution in [2.24, 2.45) is 0 Å². The standard InChI is InChI=1S/C21H22N4O3S/c1-13-19(29-12-22-13)21(27)25-8-9-28-18(11-25)17-10-15(20(26)24(2)3)14-6-4-5-7-16(14)23-17/h4-7,10,12,18H,8-9,11H2,1-3H3/t18-/m1/s1. The molecule has 1 saturated heterocycles. The van der Waals surface area contributed by atoms with Gasteiger partial charge in [-0.15, -0.1) is 11.3 Å². The second-order valence-corrected chi connectivity index (χ2v) is 8.04. The fourth-order valence-corrected chi connectivity index (χ4v) is 4.21. The third-order valence-electron chi connectivity index (χ3n) is 5.00. The molecule has 2 aromatic heterocycles. The largest absolute Gasteiger partial charge is 0.368 e. The van der Waals surface area contributed by atoms with Gasteiger partial charge in [-0.1, -0.05) is 18.2 Å². The first-order valence-corrected chi connectivity index (χ1v) is 10.3. The van der Waals surface area contributed by atoms with Crippen molar-refractivity contribution in [1.82, 2.24) is 19.8 Å². The summed E-state index contributed by atoms with van der Waals surface area (Å²) in [5.74, 6) is -0.127. The summed E-state index contributed by atoms with van der Waals surface area (Å²) >= 11 is 1.35. The van der Waals surface area contributed by atoms with Crippen molar-refractivity contribution in [2.45, 2.75) is 13.0 Å². The number of morpholine rings is 1. The zero-order valence-electron chi connectivity index (χ0n) is 16.6. The topological polar surface area (TPSA) is 75.6 Å². The number of aromatic nitrogens is 2. The average Bonchev–Trinajstić information content (AvgIpc) is 3.17. The van der Waals surface area contributed by atoms with E-state index in [1.54, 1.807) is 35.5 Å². The van der Waals surface area contributed by atoms with Crippen LogP contribution in [0.1, 0.15) is 37.5 Å². The third-order valence-corrected chi connectivity index (χ3v) is 5.91. The summed E-state index contributed by atoms with van der Waals surface area (Å²) in [4.78, 5) is 38.5. The van der Waals surface area contributed by atoms with Crippen LogP contribution in [0.15, 0.2) is 35.8 Å². The van der Waals surface area contributed by atoms with E-state index in [0.29, 0.717) is 35.8 Å². The lowest BCUT2D eigenvalue weighted by Gasteiger charge is -2.32. The number of hydrogen-bond donors (Lipinski definition) is 0. The van der Waals surface area contributed by atoms with E-state index >= 15 is 0 Å². The summed E-state index contributed by atoms with van der Waals surface area (Å²) in [5.41, 5.74) is 4.41. The van der Waals surface area contributed by atoms with Gasteiger partial charge >= 0.3 is 0 Å². The molecule has 8 heteroatoms. The monoisotopic (exact) mass is 410 g/mol. The zero-order valence-corrected chi connectivity index (χ0v) is 17.4. The number of carbonyl (C=O) groups is 2. The quantitative estimate of drug-likeness (QED) is 0.664. The minimum atomic E-state index is -0.390. The van der Waals surface area contributed by atoms with E-state index in [-0.39, 0.29) is 17.9 Å². The fourth-order valence-electron chi connectivity index (χ4n) is 3.44. The van der Waals surface area contributed by atoms with Gasteiger partial charge in [0.25, 0.3) is 11.8 Å². The van der Waals surface area contributed by atoms with Crippen LogP contribution in [0.2, 0.25) is 0 Å². The van der Waals surface area contributed by atoms with E-state index < -0.39 is 0 Å². The van der Waals surface area contributed by atoms with Crippen molar-refractivity contribution in [2.75, 3.05) is 33.8 Å². The maximum Gasteiger partial charge on any atom is 0.266 e. The summed E-state index contributed by atoms with van der Waals surface area (Å²) in [6.45, 7) is 3.16. The number of pyridine rings is 1. The molecule has 0 unspecified atom stereocenters. The van der Waals surface area contributed by atoms with Crippen LogP contribution < -0.4 is 0 Å². The van der Waals surface area contributed by atoms with Gasteiger partial charge in [0.05, 0.1) is 41.1 Å². The van der Waals surface area contributed by atoms with Gasteiger partial charge in [0.2, 0.25) is 0 Å². The molecule has 29 heavy (non-hydrogen) atoms. The molecule has 0 bridgehead atoms. The van der Waals surface area contributed by atoms with Crippen LogP contribution in [0.3, 0.4) is 0 Å². The Bertz CT molecular complexity index is 1080. The van der Waals surface area contributed by atoms with E-state index in [9.17, 15) is 9.59 Å². The Morgan fingerprint density at radius 1 is 1.28 bits per heavy atom. The first-order chi connectivity index (χ1) is 14.0. The first kappa shape index (κ1) is 19.5. The van der Waals surface area contributed by atoms with Crippen molar-refractivity contribution >= 4 is 34.1 Å². The minimum Gasteiger partial charge on any atom is -0.368 e. The Labute approximate surface area is 172 Å². The van der Waals surface area contributed by atoms with Crippen LogP contribution in [-0.4, -0.2) is 65.4 Å². The third kappa shape index (κ3) is 3.73. The predicted octanol–water partition coefficient (Wildman–Crippen LogP) is 2.92. The number of rotatable bonds is 3. The van der Waals surface area contributed by atoms with Crippen LogP contribution in [0.25, 0.3) is 10.9 Å². The number of aryl methyl sites for hydroxylation is 1. The number of ether oxygens (including phenoxy) is 1. The van der Waals surface area contributed by atoms with Gasteiger partial charge in [0.1, 0.15) is 11.0 Å². The molecule has 3 heterocycles. The molecular weight excluding hydrogens is 388 g/mol. The molecule has 7 nitrogen and oxygen atoms in total. The number of benzene rings is 1. The summed E-state index contributed by atoms with van der Waals surface area (Å²) in [6, 6.07) is 9.37. The van der Waals surface area contributed by atoms with E-state index in [2.05, 4.69) is 4.98 Å². The summed E-state index contributed by atoms with van der Waals surface area (Å²) in [6.07, 6.45) is -0.390. The number of thiazole rings is 1. The number of carbonyl (C=O) groups excluding carboxylic acids is 2. The van der Waals surface area contributed by atoms with E-state index in [4.69, 9.17) is 9.72 Å². The second-order valence-electron chi connectivity index (χ2n) is 7.19. The summed E-state index contributed by atoms with van der Waals surface area (Å²) in [7, 11) is 3.46. The maximum atomic E-state index is 12.9. The van der Waals surface area contributed by atoms with Crippen LogP contribution >= 0.6 is 11.3 Å². The van der Waals surface area contributed by atoms with Gasteiger partial charge < -0.3 is 14.5 Å².